The smallest absolute Gasteiger partial charge is 0.305 e. The van der Waals surface area contributed by atoms with Gasteiger partial charge in [-0.1, -0.05) is 12.1 Å². The highest BCUT2D eigenvalue weighted by Crippen LogP contribution is 2.31. The standard InChI is InChI=1S/C18H20N4O3S2/c1-22(18(26)19-10-5-11-24-2)21-16(23)13-8-9-14(25-13)17-20-12-6-3-4-7-15(12)27-17/h3-4,6-9H,5,10-11H2,1-2H3,(H,19,26)(H,21,23). The summed E-state index contributed by atoms with van der Waals surface area (Å²) in [7, 11) is 3.32. The maximum atomic E-state index is 12.4. The predicted molar refractivity (Wildman–Crippen MR) is 110 cm³/mol. The van der Waals surface area contributed by atoms with Crippen LogP contribution in [0.1, 0.15) is 17.0 Å². The molecule has 2 aromatic heterocycles. The number of thiocarbonyl (C=S) groups is 1. The van der Waals surface area contributed by atoms with E-state index in [0.717, 1.165) is 21.6 Å². The molecule has 2 N–H and O–H groups in total. The quantitative estimate of drug-likeness (QED) is 0.371. The lowest BCUT2D eigenvalue weighted by Gasteiger charge is -2.21. The van der Waals surface area contributed by atoms with Crippen LogP contribution >= 0.6 is 23.6 Å². The number of hydrazine groups is 1. The lowest BCUT2D eigenvalue weighted by molar-refractivity contribution is 0.0858. The van der Waals surface area contributed by atoms with Crippen LogP contribution in [0.15, 0.2) is 40.8 Å². The highest BCUT2D eigenvalue weighted by molar-refractivity contribution is 7.80. The molecule has 0 aliphatic carbocycles. The number of aromatic nitrogens is 1. The highest BCUT2D eigenvalue weighted by atomic mass is 32.1. The molecule has 27 heavy (non-hydrogen) atoms. The summed E-state index contributed by atoms with van der Waals surface area (Å²) in [5.41, 5.74) is 3.58. The number of furan rings is 1. The van der Waals surface area contributed by atoms with Gasteiger partial charge in [-0.3, -0.25) is 15.2 Å². The summed E-state index contributed by atoms with van der Waals surface area (Å²) in [6.07, 6.45) is 0.822. The fourth-order valence-electron chi connectivity index (χ4n) is 2.34. The molecule has 0 spiro atoms. The summed E-state index contributed by atoms with van der Waals surface area (Å²) in [5.74, 6) is 0.369. The van der Waals surface area contributed by atoms with E-state index >= 15 is 0 Å². The molecule has 0 aliphatic rings. The van der Waals surface area contributed by atoms with E-state index in [1.165, 1.54) is 16.3 Å². The van der Waals surface area contributed by atoms with Crippen LogP contribution in [0.3, 0.4) is 0 Å². The number of carbonyl (C=O) groups is 1. The van der Waals surface area contributed by atoms with Crippen LogP contribution in [0.4, 0.5) is 0 Å². The molecule has 0 atom stereocenters. The maximum absolute atomic E-state index is 12.4. The van der Waals surface area contributed by atoms with Gasteiger partial charge in [0.05, 0.1) is 10.2 Å². The van der Waals surface area contributed by atoms with Crippen molar-refractivity contribution in [2.24, 2.45) is 0 Å². The number of nitrogens with zero attached hydrogens (tertiary/aromatic N) is 2. The summed E-state index contributed by atoms with van der Waals surface area (Å²) in [6, 6.07) is 11.2. The minimum atomic E-state index is -0.383. The van der Waals surface area contributed by atoms with Crippen LogP contribution in [0, 0.1) is 0 Å². The second-order valence-electron chi connectivity index (χ2n) is 5.73. The molecule has 2 heterocycles. The zero-order valence-electron chi connectivity index (χ0n) is 15.0. The molecule has 1 amide bonds. The monoisotopic (exact) mass is 404 g/mol. The van der Waals surface area contributed by atoms with Crippen molar-refractivity contribution in [2.45, 2.75) is 6.42 Å². The second-order valence-corrected chi connectivity index (χ2v) is 7.15. The minimum absolute atomic E-state index is 0.193. The number of para-hydroxylation sites is 1. The van der Waals surface area contributed by atoms with Gasteiger partial charge in [-0.2, -0.15) is 0 Å². The summed E-state index contributed by atoms with van der Waals surface area (Å²) in [6.45, 7) is 1.31. The third kappa shape index (κ3) is 4.82. The molecule has 9 heteroatoms. The lowest BCUT2D eigenvalue weighted by Crippen LogP contribution is -2.48. The molecular formula is C18H20N4O3S2. The molecule has 0 aliphatic heterocycles. The van der Waals surface area contributed by atoms with Crippen molar-refractivity contribution in [1.29, 1.82) is 0 Å². The molecule has 1 aromatic carbocycles. The number of thiazole rings is 1. The predicted octanol–water partition coefficient (Wildman–Crippen LogP) is 3.04. The van der Waals surface area contributed by atoms with E-state index in [0.29, 0.717) is 24.0 Å². The Labute approximate surface area is 166 Å². The first-order chi connectivity index (χ1) is 13.1. The molecule has 0 fully saturated rings. The number of benzene rings is 1. The van der Waals surface area contributed by atoms with Crippen molar-refractivity contribution >= 4 is 44.8 Å². The number of hydrogen-bond donors (Lipinski definition) is 2. The molecule has 0 saturated carbocycles. The Kier molecular flexibility index (Phi) is 6.38. The number of ether oxygens (including phenoxy) is 1. The van der Waals surface area contributed by atoms with Gasteiger partial charge >= 0.3 is 5.91 Å². The second kappa shape index (κ2) is 8.94. The molecule has 0 unspecified atom stereocenters. The lowest BCUT2D eigenvalue weighted by atomic mass is 10.3. The number of methoxy groups -OCH3 is 1. The molecule has 0 radical (unpaired) electrons. The fourth-order valence-corrected chi connectivity index (χ4v) is 3.42. The van der Waals surface area contributed by atoms with Crippen LogP contribution in [0.2, 0.25) is 0 Å². The largest absolute Gasteiger partial charge is 0.448 e. The first kappa shape index (κ1) is 19.3. The Bertz CT molecular complexity index is 904. The van der Waals surface area contributed by atoms with Gasteiger partial charge in [-0.05, 0) is 42.9 Å². The number of fused-ring (bicyclic) bond motifs is 1. The zero-order chi connectivity index (χ0) is 19.2. The van der Waals surface area contributed by atoms with Crippen molar-refractivity contribution in [2.75, 3.05) is 27.3 Å². The van der Waals surface area contributed by atoms with Gasteiger partial charge in [-0.25, -0.2) is 4.98 Å². The van der Waals surface area contributed by atoms with E-state index in [4.69, 9.17) is 21.4 Å². The number of amides is 1. The molecule has 142 valence electrons. The third-order valence-electron chi connectivity index (χ3n) is 3.71. The average Bonchev–Trinajstić information content (AvgIpc) is 3.31. The van der Waals surface area contributed by atoms with E-state index in [2.05, 4.69) is 15.7 Å². The minimum Gasteiger partial charge on any atom is -0.448 e. The van der Waals surface area contributed by atoms with E-state index in [9.17, 15) is 4.79 Å². The maximum Gasteiger partial charge on any atom is 0.305 e. The van der Waals surface area contributed by atoms with Crippen LogP contribution in [-0.4, -0.2) is 48.3 Å². The van der Waals surface area contributed by atoms with Crippen molar-refractivity contribution in [3.8, 4) is 10.8 Å². The van der Waals surface area contributed by atoms with E-state index in [1.54, 1.807) is 26.3 Å². The van der Waals surface area contributed by atoms with Crippen LogP contribution in [-0.2, 0) is 4.74 Å². The Balaban J connectivity index is 1.60. The van der Waals surface area contributed by atoms with Gasteiger partial charge in [0, 0.05) is 27.3 Å². The van der Waals surface area contributed by atoms with Gasteiger partial charge in [0.15, 0.2) is 21.6 Å². The summed E-state index contributed by atoms with van der Waals surface area (Å²) in [4.78, 5) is 16.9. The van der Waals surface area contributed by atoms with Gasteiger partial charge < -0.3 is 14.5 Å². The Morgan fingerprint density at radius 2 is 2.15 bits per heavy atom. The van der Waals surface area contributed by atoms with Crippen molar-refractivity contribution in [3.05, 3.63) is 42.2 Å². The number of hydrogen-bond acceptors (Lipinski definition) is 6. The van der Waals surface area contributed by atoms with Crippen molar-refractivity contribution in [1.82, 2.24) is 20.7 Å². The average molecular weight is 405 g/mol. The Morgan fingerprint density at radius 1 is 1.33 bits per heavy atom. The van der Waals surface area contributed by atoms with Gasteiger partial charge in [0.1, 0.15) is 0 Å². The summed E-state index contributed by atoms with van der Waals surface area (Å²) >= 11 is 6.75. The summed E-state index contributed by atoms with van der Waals surface area (Å²) in [5, 5.41) is 5.64. The zero-order valence-corrected chi connectivity index (χ0v) is 16.7. The first-order valence-electron chi connectivity index (χ1n) is 8.35. The van der Waals surface area contributed by atoms with Gasteiger partial charge in [0.25, 0.3) is 0 Å². The van der Waals surface area contributed by atoms with Crippen LogP contribution in [0.25, 0.3) is 21.0 Å². The molecule has 0 bridgehead atoms. The fraction of sp³-hybridized carbons (Fsp3) is 0.278. The normalized spacial score (nSPS) is 10.7. The summed E-state index contributed by atoms with van der Waals surface area (Å²) < 4.78 is 11.7. The van der Waals surface area contributed by atoms with E-state index < -0.39 is 0 Å². The Hall–Kier alpha value is -2.49. The Morgan fingerprint density at radius 3 is 2.93 bits per heavy atom. The SMILES string of the molecule is COCCCNC(=S)N(C)NC(=O)c1ccc(-c2nc3ccccc3s2)o1. The molecule has 3 aromatic rings. The van der Waals surface area contributed by atoms with E-state index in [1.807, 2.05) is 24.3 Å². The van der Waals surface area contributed by atoms with Gasteiger partial charge in [0.2, 0.25) is 0 Å². The van der Waals surface area contributed by atoms with Crippen LogP contribution < -0.4 is 10.7 Å². The molecule has 7 nitrogen and oxygen atoms in total. The molecule has 0 saturated heterocycles. The van der Waals surface area contributed by atoms with Gasteiger partial charge in [-0.15, -0.1) is 11.3 Å². The first-order valence-corrected chi connectivity index (χ1v) is 9.58. The number of nitrogens with one attached hydrogen (secondary N) is 2. The topological polar surface area (TPSA) is 79.6 Å². The van der Waals surface area contributed by atoms with Crippen molar-refractivity contribution < 1.29 is 13.9 Å². The highest BCUT2D eigenvalue weighted by Gasteiger charge is 2.17. The number of rotatable bonds is 6. The molecular weight excluding hydrogens is 384 g/mol. The van der Waals surface area contributed by atoms with Crippen LogP contribution in [0.5, 0.6) is 0 Å². The molecule has 3 rings (SSSR count). The van der Waals surface area contributed by atoms with Crippen molar-refractivity contribution in [3.63, 3.8) is 0 Å². The van der Waals surface area contributed by atoms with E-state index in [-0.39, 0.29) is 11.7 Å². The number of carbonyl (C=O) groups excluding carboxylic acids is 1. The third-order valence-corrected chi connectivity index (χ3v) is 5.18.